The van der Waals surface area contributed by atoms with Crippen molar-refractivity contribution in [2.75, 3.05) is 49.5 Å². The maximum atomic E-state index is 13.7. The third kappa shape index (κ3) is 12.6. The van der Waals surface area contributed by atoms with Gasteiger partial charge in [0.1, 0.15) is 5.82 Å². The van der Waals surface area contributed by atoms with E-state index in [2.05, 4.69) is 55.2 Å². The number of para-hydroxylation sites is 1. The Hall–Kier alpha value is -6.72. The van der Waals surface area contributed by atoms with Crippen LogP contribution in [0.4, 0.5) is 10.9 Å². The first kappa shape index (κ1) is 52.6. The van der Waals surface area contributed by atoms with Crippen LogP contribution < -0.4 is 26.6 Å². The second-order valence-electron chi connectivity index (χ2n) is 21.9. The van der Waals surface area contributed by atoms with E-state index < -0.39 is 11.6 Å². The summed E-state index contributed by atoms with van der Waals surface area (Å²) < 4.78 is 7.83. The topological polar surface area (TPSA) is 222 Å². The number of aromatic carboxylic acids is 1. The van der Waals surface area contributed by atoms with Crippen LogP contribution in [0.3, 0.4) is 0 Å². The highest BCUT2D eigenvalue weighted by Crippen LogP contribution is 2.63. The van der Waals surface area contributed by atoms with E-state index in [4.69, 9.17) is 20.4 Å². The lowest BCUT2D eigenvalue weighted by atomic mass is 9.48. The van der Waals surface area contributed by atoms with Gasteiger partial charge in [-0.1, -0.05) is 76.3 Å². The molecule has 4 aliphatic rings. The number of benzene rings is 2. The van der Waals surface area contributed by atoms with Crippen molar-refractivity contribution in [2.45, 2.75) is 111 Å². The molecule has 2 aromatic carbocycles. The monoisotopic (exact) mass is 1010 g/mol. The van der Waals surface area contributed by atoms with Gasteiger partial charge in [-0.3, -0.25) is 29.5 Å². The average molecular weight is 1010 g/mol. The molecule has 0 saturated heterocycles. The highest BCUT2D eigenvalue weighted by atomic mass is 32.1. The fourth-order valence-electron chi connectivity index (χ4n) is 12.5. The van der Waals surface area contributed by atoms with Crippen molar-refractivity contribution in [2.24, 2.45) is 27.0 Å². The quantitative estimate of drug-likeness (QED) is 0.0418. The van der Waals surface area contributed by atoms with E-state index in [0.29, 0.717) is 97.7 Å². The number of carboxylic acid groups (broad SMARTS) is 1. The van der Waals surface area contributed by atoms with Crippen LogP contribution in [0.15, 0.2) is 90.2 Å². The summed E-state index contributed by atoms with van der Waals surface area (Å²) >= 11 is 1.42. The normalized spacial score (nSPS) is 22.6. The number of unbranched alkanes of at least 4 members (excludes halogenated alkanes) is 2. The van der Waals surface area contributed by atoms with Crippen LogP contribution in [-0.4, -0.2) is 100 Å². The number of carbonyl (C=O) groups excluding carboxylic acids is 4. The summed E-state index contributed by atoms with van der Waals surface area (Å²) in [5, 5.41) is 19.7. The van der Waals surface area contributed by atoms with Gasteiger partial charge in [-0.05, 0) is 122 Å². The van der Waals surface area contributed by atoms with Crippen LogP contribution in [0.2, 0.25) is 0 Å². The fourth-order valence-corrected chi connectivity index (χ4v) is 13.4. The smallest absolute Gasteiger partial charge is 0.355 e. The molecule has 2 bridgehead atoms. The molecule has 2 aliphatic carbocycles. The molecule has 17 heteroatoms. The number of hydrogen-bond acceptors (Lipinski definition) is 12. The number of amides is 4. The molecule has 3 unspecified atom stereocenters. The van der Waals surface area contributed by atoms with E-state index in [1.165, 1.54) is 23.6 Å². The number of hydrogen-bond donors (Lipinski definition) is 5. The fraction of sp³-hybridized carbons (Fsp3) is 0.464. The minimum atomic E-state index is -1.19. The van der Waals surface area contributed by atoms with Gasteiger partial charge in [-0.25, -0.2) is 14.8 Å². The minimum absolute atomic E-state index is 0.0260. The molecule has 3 atom stereocenters. The van der Waals surface area contributed by atoms with E-state index in [-0.39, 0.29) is 52.1 Å². The van der Waals surface area contributed by atoms with Crippen LogP contribution in [-0.2, 0) is 32.1 Å². The van der Waals surface area contributed by atoms with Gasteiger partial charge in [0.05, 0.1) is 29.0 Å². The highest BCUT2D eigenvalue weighted by molar-refractivity contribution is 7.22. The van der Waals surface area contributed by atoms with Crippen LogP contribution in [0.1, 0.15) is 130 Å². The second kappa shape index (κ2) is 21.8. The van der Waals surface area contributed by atoms with E-state index in [1.54, 1.807) is 29.2 Å². The van der Waals surface area contributed by atoms with Gasteiger partial charge in [0.2, 0.25) is 11.8 Å². The second-order valence-corrected chi connectivity index (χ2v) is 22.9. The van der Waals surface area contributed by atoms with Gasteiger partial charge >= 0.3 is 5.97 Å². The lowest BCUT2D eigenvalue weighted by Crippen LogP contribution is -2.57. The van der Waals surface area contributed by atoms with Gasteiger partial charge in [0.15, 0.2) is 10.8 Å². The third-order valence-corrected chi connectivity index (χ3v) is 15.6. The molecule has 6 N–H and O–H groups in total. The zero-order valence-corrected chi connectivity index (χ0v) is 43.6. The number of nitrogens with one attached hydrogen (secondary N) is 3. The average Bonchev–Trinajstić information content (AvgIpc) is 3.90. The maximum Gasteiger partial charge on any atom is 0.355 e. The summed E-state index contributed by atoms with van der Waals surface area (Å²) in [6, 6.07) is 17.0. The molecular weight excluding hydrogens is 943 g/mol. The summed E-state index contributed by atoms with van der Waals surface area (Å²) in [5.74, 6) is -1.51. The number of allylic oxidation sites excluding steroid dienone is 2. The highest BCUT2D eigenvalue weighted by Gasteiger charge is 2.58. The van der Waals surface area contributed by atoms with E-state index >= 15 is 0 Å². The number of fused-ring (bicyclic) bond motifs is 4. The molecular formula is C56H69N9O7S. The summed E-state index contributed by atoms with van der Waals surface area (Å²) in [7, 11) is 0. The van der Waals surface area contributed by atoms with E-state index in [1.807, 2.05) is 48.2 Å². The van der Waals surface area contributed by atoms with Gasteiger partial charge in [-0.15, -0.1) is 0 Å². The molecule has 2 aliphatic heterocycles. The van der Waals surface area contributed by atoms with Crippen molar-refractivity contribution in [3.8, 4) is 0 Å². The van der Waals surface area contributed by atoms with Gasteiger partial charge < -0.3 is 36.0 Å². The minimum Gasteiger partial charge on any atom is -0.476 e. The lowest BCUT2D eigenvalue weighted by Gasteiger charge is -2.61. The summed E-state index contributed by atoms with van der Waals surface area (Å²) in [5.41, 5.74) is 10.8. The first-order chi connectivity index (χ1) is 34.8. The number of nitrogens with zero attached hydrogens (tertiary/aromatic N) is 5. The number of rotatable bonds is 20. The van der Waals surface area contributed by atoms with Gasteiger partial charge in [0, 0.05) is 79.5 Å². The Morgan fingerprint density at radius 3 is 2.48 bits per heavy atom. The Morgan fingerprint density at radius 2 is 1.73 bits per heavy atom. The Labute approximate surface area is 431 Å². The standard InChI is InChI=1S/C56H69N9O7S/c1-36-18-21-48(68)65(36)24-11-7-8-17-46(66)59-28-47(67)58-23-26-72-56-31-53(3,4)30-54(5,33-56)32-55(6,34-56)35-60-37(2)41(27-57)39-19-20-45(62-49(39)51(70)71)64-25-22-38-13-12-14-40(42(38)29-64)50(69)63-52-61-43-15-9-10-16-44(43)73-52/h9-10,12-16,18-21,27H,1,7-8,11,17,22-26,28-35,57H2,2-6H3,(H,58,67)(H,59,66)(H,70,71)(H,61,63,69). The third-order valence-electron chi connectivity index (χ3n) is 14.6. The van der Waals surface area contributed by atoms with Gasteiger partial charge in [-0.2, -0.15) is 0 Å². The molecule has 73 heavy (non-hydrogen) atoms. The molecule has 386 valence electrons. The predicted octanol–water partition coefficient (Wildman–Crippen LogP) is 8.44. The molecule has 0 spiro atoms. The van der Waals surface area contributed by atoms with E-state index in [9.17, 15) is 29.1 Å². The zero-order chi connectivity index (χ0) is 52.1. The van der Waals surface area contributed by atoms with Crippen molar-refractivity contribution in [3.63, 3.8) is 0 Å². The van der Waals surface area contributed by atoms with Crippen molar-refractivity contribution >= 4 is 73.4 Å². The number of nitrogens with two attached hydrogens (primary N) is 1. The van der Waals surface area contributed by atoms with Crippen LogP contribution >= 0.6 is 11.3 Å². The molecule has 16 nitrogen and oxygen atoms in total. The zero-order valence-electron chi connectivity index (χ0n) is 42.8. The van der Waals surface area contributed by atoms with Crippen LogP contribution in [0, 0.1) is 16.2 Å². The van der Waals surface area contributed by atoms with Crippen LogP contribution in [0.5, 0.6) is 0 Å². The Bertz CT molecular complexity index is 2850. The Balaban J connectivity index is 0.870. The van der Waals surface area contributed by atoms with Crippen molar-refractivity contribution < 1.29 is 33.8 Å². The molecule has 4 heterocycles. The van der Waals surface area contributed by atoms with E-state index in [0.717, 1.165) is 66.3 Å². The van der Waals surface area contributed by atoms with Crippen molar-refractivity contribution in [1.29, 1.82) is 0 Å². The number of carbonyl (C=O) groups is 5. The Morgan fingerprint density at radius 1 is 0.918 bits per heavy atom. The molecule has 2 fully saturated rings. The number of aromatic nitrogens is 2. The van der Waals surface area contributed by atoms with Gasteiger partial charge in [0.25, 0.3) is 11.8 Å². The SMILES string of the molecule is C=C1C=CC(=O)N1CCCCCC(=O)NCC(=O)NCCOC12CC(C)(C)CC(C)(CC(C)(CN=C(C)C(=CN)c3ccc(N4CCc5cccc(C(=O)Nc6nc7ccccc7s6)c5C4)nc3C(=O)O)C1)C2. The number of aliphatic imine (C=N–C) groups is 1. The number of pyridine rings is 1. The van der Waals surface area contributed by atoms with Crippen LogP contribution in [0.25, 0.3) is 15.8 Å². The maximum absolute atomic E-state index is 13.7. The summed E-state index contributed by atoms with van der Waals surface area (Å²) in [4.78, 5) is 81.8. The molecule has 4 amide bonds. The Kier molecular flexibility index (Phi) is 15.7. The lowest BCUT2D eigenvalue weighted by molar-refractivity contribution is -0.188. The largest absolute Gasteiger partial charge is 0.476 e. The first-order valence-electron chi connectivity index (χ1n) is 25.3. The number of ether oxygens (including phenoxy) is 1. The predicted molar refractivity (Wildman–Crippen MR) is 286 cm³/mol. The molecule has 8 rings (SSSR count). The number of anilines is 2. The molecule has 2 saturated carbocycles. The molecule has 0 radical (unpaired) electrons. The molecule has 2 aromatic heterocycles. The van der Waals surface area contributed by atoms with Crippen molar-refractivity contribution in [3.05, 3.63) is 113 Å². The van der Waals surface area contributed by atoms with Crippen molar-refractivity contribution in [1.82, 2.24) is 25.5 Å². The molecule has 4 aromatic rings. The first-order valence-corrected chi connectivity index (χ1v) is 26.1. The summed E-state index contributed by atoms with van der Waals surface area (Å²) in [6.45, 7) is 17.4. The number of carboxylic acids is 1. The number of thiazole rings is 1. The summed E-state index contributed by atoms with van der Waals surface area (Å²) in [6.07, 6.45) is 12.2.